The van der Waals surface area contributed by atoms with Gasteiger partial charge in [-0.25, -0.2) is 0 Å². The molecule has 2 aliphatic carbocycles. The van der Waals surface area contributed by atoms with Gasteiger partial charge in [-0.15, -0.1) is 0 Å². The highest BCUT2D eigenvalue weighted by Crippen LogP contribution is 2.46. The predicted molar refractivity (Wildman–Crippen MR) is 44.4 cm³/mol. The second-order valence-electron chi connectivity index (χ2n) is 3.98. The molecule has 1 amide bonds. The van der Waals surface area contributed by atoms with Crippen LogP contribution in [0.3, 0.4) is 0 Å². The van der Waals surface area contributed by atoms with E-state index in [2.05, 4.69) is 5.32 Å². The molecule has 0 heterocycles. The fraction of sp³-hybridized carbons (Fsp3) is 0.889. The zero-order valence-corrected chi connectivity index (χ0v) is 7.29. The molecule has 2 saturated carbocycles. The van der Waals surface area contributed by atoms with Crippen molar-refractivity contribution >= 4 is 5.91 Å². The number of carbonyl (C=O) groups is 1. The normalized spacial score (nSPS) is 44.8. The number of rotatable bonds is 1. The van der Waals surface area contributed by atoms with Gasteiger partial charge in [0, 0.05) is 6.92 Å². The van der Waals surface area contributed by atoms with Crippen LogP contribution in [0.1, 0.15) is 26.2 Å². The first-order chi connectivity index (χ1) is 5.70. The van der Waals surface area contributed by atoms with Crippen LogP contribution in [0.5, 0.6) is 0 Å². The Morgan fingerprint density at radius 1 is 1.42 bits per heavy atom. The number of carbonyl (C=O) groups excluding carboxylic acids is 1. The van der Waals surface area contributed by atoms with Crippen LogP contribution in [0, 0.1) is 11.8 Å². The highest BCUT2D eigenvalue weighted by molar-refractivity contribution is 5.73. The fourth-order valence-electron chi connectivity index (χ4n) is 2.69. The van der Waals surface area contributed by atoms with E-state index in [4.69, 9.17) is 0 Å². The number of hydrogen-bond acceptors (Lipinski definition) is 2. The standard InChI is InChI=1S/C9H15NO2/c1-5(11)10-8-6-3-2-4-7(6)9(8)12/h6-9,12H,2-4H2,1H3,(H,10,11). The Morgan fingerprint density at radius 2 is 2.08 bits per heavy atom. The van der Waals surface area contributed by atoms with Gasteiger partial charge in [0.2, 0.25) is 5.91 Å². The molecule has 2 aliphatic rings. The van der Waals surface area contributed by atoms with Crippen molar-refractivity contribution in [1.82, 2.24) is 5.32 Å². The monoisotopic (exact) mass is 169 g/mol. The Balaban J connectivity index is 1.95. The number of aliphatic hydroxyl groups excluding tert-OH is 1. The summed E-state index contributed by atoms with van der Waals surface area (Å²) in [6.07, 6.45) is 3.25. The first-order valence-electron chi connectivity index (χ1n) is 4.65. The van der Waals surface area contributed by atoms with Crippen LogP contribution >= 0.6 is 0 Å². The average Bonchev–Trinajstić information content (AvgIpc) is 2.44. The van der Waals surface area contributed by atoms with Crippen molar-refractivity contribution in [1.29, 1.82) is 0 Å². The van der Waals surface area contributed by atoms with E-state index in [9.17, 15) is 9.90 Å². The molecule has 0 aliphatic heterocycles. The minimum Gasteiger partial charge on any atom is -0.391 e. The maximum atomic E-state index is 10.8. The van der Waals surface area contributed by atoms with Crippen molar-refractivity contribution in [2.45, 2.75) is 38.3 Å². The van der Waals surface area contributed by atoms with Crippen LogP contribution < -0.4 is 5.32 Å². The molecule has 2 rings (SSSR count). The zero-order chi connectivity index (χ0) is 8.72. The molecule has 2 fully saturated rings. The number of fused-ring (bicyclic) bond motifs is 1. The van der Waals surface area contributed by atoms with Crippen LogP contribution in [-0.4, -0.2) is 23.2 Å². The minimum atomic E-state index is -0.276. The molecule has 0 bridgehead atoms. The van der Waals surface area contributed by atoms with Gasteiger partial charge >= 0.3 is 0 Å². The number of amides is 1. The van der Waals surface area contributed by atoms with Crippen molar-refractivity contribution in [2.24, 2.45) is 11.8 Å². The second-order valence-corrected chi connectivity index (χ2v) is 3.98. The van der Waals surface area contributed by atoms with Gasteiger partial charge in [-0.1, -0.05) is 6.42 Å². The summed E-state index contributed by atoms with van der Waals surface area (Å²) in [7, 11) is 0. The minimum absolute atomic E-state index is 0.0237. The fourth-order valence-corrected chi connectivity index (χ4v) is 2.69. The van der Waals surface area contributed by atoms with Gasteiger partial charge in [0.1, 0.15) is 0 Å². The van der Waals surface area contributed by atoms with Gasteiger partial charge in [0.05, 0.1) is 12.1 Å². The first kappa shape index (κ1) is 8.05. The quantitative estimate of drug-likeness (QED) is 0.592. The molecule has 3 heteroatoms. The average molecular weight is 169 g/mol. The molecular weight excluding hydrogens is 154 g/mol. The van der Waals surface area contributed by atoms with Crippen molar-refractivity contribution in [3.63, 3.8) is 0 Å². The molecule has 68 valence electrons. The van der Waals surface area contributed by atoms with Gasteiger partial charge in [0.15, 0.2) is 0 Å². The molecule has 4 unspecified atom stereocenters. The van der Waals surface area contributed by atoms with Crippen molar-refractivity contribution in [2.75, 3.05) is 0 Å². The van der Waals surface area contributed by atoms with Crippen LogP contribution in [0.25, 0.3) is 0 Å². The number of aliphatic hydroxyl groups is 1. The molecular formula is C9H15NO2. The molecule has 0 aromatic rings. The van der Waals surface area contributed by atoms with Crippen molar-refractivity contribution in [3.05, 3.63) is 0 Å². The Labute approximate surface area is 72.2 Å². The summed E-state index contributed by atoms with van der Waals surface area (Å²) in [4.78, 5) is 10.8. The highest BCUT2D eigenvalue weighted by atomic mass is 16.3. The summed E-state index contributed by atoms with van der Waals surface area (Å²) >= 11 is 0. The zero-order valence-electron chi connectivity index (χ0n) is 7.29. The van der Waals surface area contributed by atoms with Gasteiger partial charge in [-0.2, -0.15) is 0 Å². The lowest BCUT2D eigenvalue weighted by molar-refractivity contribution is -0.126. The summed E-state index contributed by atoms with van der Waals surface area (Å²) in [5.41, 5.74) is 0. The summed E-state index contributed by atoms with van der Waals surface area (Å²) < 4.78 is 0. The van der Waals surface area contributed by atoms with Gasteiger partial charge < -0.3 is 10.4 Å². The highest BCUT2D eigenvalue weighted by Gasteiger charge is 2.51. The van der Waals surface area contributed by atoms with E-state index in [1.54, 1.807) is 0 Å². The number of hydrogen-bond donors (Lipinski definition) is 2. The summed E-state index contributed by atoms with van der Waals surface area (Å²) in [5, 5.41) is 12.4. The molecule has 0 saturated heterocycles. The third-order valence-corrected chi connectivity index (χ3v) is 3.26. The van der Waals surface area contributed by atoms with Crippen LogP contribution in [0.4, 0.5) is 0 Å². The first-order valence-corrected chi connectivity index (χ1v) is 4.65. The smallest absolute Gasteiger partial charge is 0.217 e. The van der Waals surface area contributed by atoms with Crippen molar-refractivity contribution in [3.8, 4) is 0 Å². The maximum Gasteiger partial charge on any atom is 0.217 e. The van der Waals surface area contributed by atoms with Gasteiger partial charge in [-0.3, -0.25) is 4.79 Å². The SMILES string of the molecule is CC(=O)NC1C(O)C2CCCC21. The van der Waals surface area contributed by atoms with E-state index < -0.39 is 0 Å². The Morgan fingerprint density at radius 3 is 2.75 bits per heavy atom. The van der Waals surface area contributed by atoms with E-state index in [1.165, 1.54) is 19.8 Å². The molecule has 0 radical (unpaired) electrons. The molecule has 0 spiro atoms. The third-order valence-electron chi connectivity index (χ3n) is 3.26. The van der Waals surface area contributed by atoms with E-state index in [0.29, 0.717) is 11.8 Å². The van der Waals surface area contributed by atoms with Crippen LogP contribution in [0.2, 0.25) is 0 Å². The molecule has 2 N–H and O–H groups in total. The van der Waals surface area contributed by atoms with E-state index >= 15 is 0 Å². The lowest BCUT2D eigenvalue weighted by Gasteiger charge is -2.45. The van der Waals surface area contributed by atoms with E-state index in [0.717, 1.165) is 6.42 Å². The maximum absolute atomic E-state index is 10.8. The molecule has 0 aromatic carbocycles. The lowest BCUT2D eigenvalue weighted by atomic mass is 9.69. The molecule has 12 heavy (non-hydrogen) atoms. The largest absolute Gasteiger partial charge is 0.391 e. The van der Waals surface area contributed by atoms with E-state index in [-0.39, 0.29) is 18.1 Å². The van der Waals surface area contributed by atoms with Crippen molar-refractivity contribution < 1.29 is 9.90 Å². The molecule has 0 aromatic heterocycles. The lowest BCUT2D eigenvalue weighted by Crippen LogP contribution is -2.61. The second kappa shape index (κ2) is 2.73. The molecule has 3 nitrogen and oxygen atoms in total. The topological polar surface area (TPSA) is 49.3 Å². The Bertz CT molecular complexity index is 205. The Kier molecular flexibility index (Phi) is 1.83. The van der Waals surface area contributed by atoms with Gasteiger partial charge in [0.25, 0.3) is 0 Å². The Hall–Kier alpha value is -0.570. The summed E-state index contributed by atoms with van der Waals surface area (Å²) in [6, 6.07) is 0.0509. The summed E-state index contributed by atoms with van der Waals surface area (Å²) in [6.45, 7) is 1.51. The van der Waals surface area contributed by atoms with Gasteiger partial charge in [-0.05, 0) is 24.7 Å². The van der Waals surface area contributed by atoms with Crippen LogP contribution in [-0.2, 0) is 4.79 Å². The van der Waals surface area contributed by atoms with Crippen LogP contribution in [0.15, 0.2) is 0 Å². The third kappa shape index (κ3) is 1.04. The summed E-state index contributed by atoms with van der Waals surface area (Å²) in [5.74, 6) is 1.01. The molecule has 4 atom stereocenters. The van der Waals surface area contributed by atoms with E-state index in [1.807, 2.05) is 0 Å². The number of nitrogens with one attached hydrogen (secondary N) is 1. The predicted octanol–water partition coefficient (Wildman–Crippen LogP) is 0.282.